The van der Waals surface area contributed by atoms with E-state index in [0.717, 1.165) is 193 Å². The molecule has 4 aromatic heterocycles. The van der Waals surface area contributed by atoms with Crippen molar-refractivity contribution in [3.05, 3.63) is 245 Å². The van der Waals surface area contributed by atoms with Crippen molar-refractivity contribution >= 4 is 131 Å². The first kappa shape index (κ1) is 91.7. The van der Waals surface area contributed by atoms with Crippen LogP contribution in [-0.4, -0.2) is 202 Å². The lowest BCUT2D eigenvalue weighted by molar-refractivity contribution is -0.385. The van der Waals surface area contributed by atoms with Gasteiger partial charge in [0.2, 0.25) is 0 Å². The number of benzene rings is 6. The van der Waals surface area contributed by atoms with Gasteiger partial charge in [0, 0.05) is 171 Å². The van der Waals surface area contributed by atoms with Crippen LogP contribution in [0.15, 0.2) is 191 Å². The summed E-state index contributed by atoms with van der Waals surface area (Å²) in [5.74, 6) is -0.598. The number of carbonyl (C=O) groups excluding carboxylic acids is 2. The van der Waals surface area contributed by atoms with Crippen molar-refractivity contribution in [3.63, 3.8) is 0 Å². The first-order valence-corrected chi connectivity index (χ1v) is 52.6. The Morgan fingerprint density at radius 1 is 0.551 bits per heavy atom. The molecule has 32 heteroatoms. The van der Waals surface area contributed by atoms with E-state index in [-0.39, 0.29) is 49.7 Å². The molecule has 4 saturated heterocycles. The van der Waals surface area contributed by atoms with Crippen LogP contribution in [0.4, 0.5) is 22.7 Å². The summed E-state index contributed by atoms with van der Waals surface area (Å²) in [6.07, 6.45) is 24.7. The SMILES string of the molecule is C=P1(C)CCN(CCCc2ccc(S(=O)(=O)NC(=O)c3ccc(N4CCN(CC5=C(c6ccc(Cl)cc6)CC(C)(C)CC5)CC4)cc3Oc3cnc4[nH]ccc4c3)cc2[N+](=O)[O-])CC1.CC1(C)CCC(CN2CCN(c3ccc(C(=O)NS(=O)(=O)c4ccc(CCC5CCP(C)(=O)CC5)c([N+](=O)[O-])c4)c(Oc4cnc5[nH]ccc5c4)c3)CC2)=C(c2ccc(Cl)cc2)C1. The second-order valence-electron chi connectivity index (χ2n) is 36.8. The summed E-state index contributed by atoms with van der Waals surface area (Å²) in [6, 6.07) is 41.4. The zero-order valence-electron chi connectivity index (χ0n) is 72.8. The van der Waals surface area contributed by atoms with E-state index in [1.807, 2.05) is 43.1 Å². The summed E-state index contributed by atoms with van der Waals surface area (Å²) in [4.78, 5) is 77.2. The molecule has 16 rings (SSSR count). The van der Waals surface area contributed by atoms with Gasteiger partial charge in [-0.1, -0.05) is 98.4 Å². The van der Waals surface area contributed by atoms with Crippen LogP contribution in [0.3, 0.4) is 0 Å². The molecule has 4 N–H and O–H groups in total. The number of hydrogen-bond donors (Lipinski definition) is 4. The molecule has 26 nitrogen and oxygen atoms in total. The molecule has 0 spiro atoms. The van der Waals surface area contributed by atoms with Crippen LogP contribution in [-0.2, 0) is 37.5 Å². The Morgan fingerprint density at radius 2 is 0.976 bits per heavy atom. The molecule has 6 aliphatic rings. The van der Waals surface area contributed by atoms with Gasteiger partial charge in [0.1, 0.15) is 34.3 Å². The summed E-state index contributed by atoms with van der Waals surface area (Å²) < 4.78 is 84.4. The lowest BCUT2D eigenvalue weighted by Gasteiger charge is -2.39. The maximum absolute atomic E-state index is 14.0. The number of nitrogens with zero attached hydrogens (tertiary/aromatic N) is 9. The highest BCUT2D eigenvalue weighted by molar-refractivity contribution is 7.90. The molecule has 2 amide bonds. The van der Waals surface area contributed by atoms with Gasteiger partial charge >= 0.3 is 0 Å². The van der Waals surface area contributed by atoms with Crippen molar-refractivity contribution < 1.29 is 50.3 Å². The van der Waals surface area contributed by atoms with Crippen molar-refractivity contribution in [3.8, 4) is 23.0 Å². The van der Waals surface area contributed by atoms with Crippen molar-refractivity contribution in [2.45, 2.75) is 115 Å². The first-order valence-electron chi connectivity index (χ1n) is 43.6. The maximum atomic E-state index is 14.0. The van der Waals surface area contributed by atoms with Crippen molar-refractivity contribution in [1.82, 2.24) is 44.1 Å². The number of halogens is 2. The third kappa shape index (κ3) is 23.2. The summed E-state index contributed by atoms with van der Waals surface area (Å²) >= 11 is 12.5. The number of aryl methyl sites for hydroxylation is 2. The number of pyridine rings is 2. The van der Waals surface area contributed by atoms with E-state index in [2.05, 4.69) is 119 Å². The number of aromatic amines is 2. The van der Waals surface area contributed by atoms with Gasteiger partial charge in [-0.15, -0.1) is 13.2 Å². The number of nitro groups is 2. The average molecular weight is 1840 g/mol. The third-order valence-corrected chi connectivity index (χ3v) is 34.1. The normalized spacial score (nSPS) is 19.5. The minimum Gasteiger partial charge on any atom is -0.455 e. The van der Waals surface area contributed by atoms with Crippen LogP contribution in [0.2, 0.25) is 10.0 Å². The van der Waals surface area contributed by atoms with Gasteiger partial charge in [0.15, 0.2) is 0 Å². The number of carbonyl (C=O) groups is 2. The average Bonchev–Trinajstić information content (AvgIpc) is 0.968. The standard InChI is InChI=1S/C48H57ClN7O6PS.C47H54ClN6O7PS/c1-48(2)17-15-37(43(31-48)34-7-10-38(49)11-8-34)33-54-20-22-55(23-21-54)39-12-14-42(45(29-39)62-40-28-36-16-18-50-46(36)51-32-40)47(57)52-64(60,61)41-13-9-35(44(30-41)56(58)59)6-5-19-53-24-26-63(3,4)27-25-53;1-47(2)18-14-36(42(29-47)33-6-9-37(48)10-7-33)31-52-20-22-53(23-21-52)38-11-13-41(44(27-38)61-39-26-35-15-19-49-45(35)50-30-39)46(55)51-63(59,60)40-12-8-34(43(28-40)54(56)57)5-4-32-16-24-62(3,58)25-17-32/h7-14,16,18,28-30,32H,3,5-6,15,17,19-27,31,33H2,1-2,4H3,(H,50,51)(H,52,57);6-13,15,19,26-28,30,32H,4-5,14,16-18,20-25,29,31H2,1-3H3,(H,49,50)(H,51,55). The van der Waals surface area contributed by atoms with E-state index >= 15 is 0 Å². The molecule has 6 aromatic carbocycles. The molecule has 127 heavy (non-hydrogen) atoms. The minimum atomic E-state index is -4.55. The fourth-order valence-corrected chi connectivity index (χ4v) is 24.2. The lowest BCUT2D eigenvalue weighted by atomic mass is 9.72. The second kappa shape index (κ2) is 38.7. The van der Waals surface area contributed by atoms with E-state index in [0.29, 0.717) is 77.8 Å². The fourth-order valence-electron chi connectivity index (χ4n) is 18.1. The number of piperazine rings is 2. The van der Waals surface area contributed by atoms with Crippen molar-refractivity contribution in [2.24, 2.45) is 16.7 Å². The highest BCUT2D eigenvalue weighted by Gasteiger charge is 2.36. The molecule has 0 unspecified atom stereocenters. The van der Waals surface area contributed by atoms with Crippen molar-refractivity contribution in [1.29, 1.82) is 0 Å². The number of nitro benzene ring substituents is 2. The number of fused-ring (bicyclic) bond motifs is 2. The van der Waals surface area contributed by atoms with Gasteiger partial charge < -0.3 is 38.7 Å². The molecule has 10 aromatic rings. The highest BCUT2D eigenvalue weighted by atomic mass is 35.5. The molecular weight excluding hydrogens is 1730 g/mol. The topological polar surface area (TPSA) is 322 Å². The van der Waals surface area contributed by atoms with E-state index in [4.69, 9.17) is 32.7 Å². The molecule has 670 valence electrons. The Morgan fingerprint density at radius 3 is 1.40 bits per heavy atom. The number of allylic oxidation sites excluding steroid dienone is 2. The van der Waals surface area contributed by atoms with Gasteiger partial charge in [-0.25, -0.2) is 36.2 Å². The molecule has 4 aliphatic heterocycles. The lowest BCUT2D eigenvalue weighted by Crippen LogP contribution is -2.47. The number of amides is 2. The fraction of sp³-hybridized carbons (Fsp3) is 0.400. The van der Waals surface area contributed by atoms with E-state index in [1.165, 1.54) is 70.1 Å². The maximum Gasteiger partial charge on any atom is 0.273 e. The molecule has 0 saturated carbocycles. The zero-order valence-corrected chi connectivity index (χ0v) is 77.7. The van der Waals surface area contributed by atoms with Gasteiger partial charge in [-0.2, -0.15) is 0 Å². The van der Waals surface area contributed by atoms with Crippen LogP contribution in [0.25, 0.3) is 33.2 Å². The first-order chi connectivity index (χ1) is 60.5. The van der Waals surface area contributed by atoms with Crippen LogP contribution >= 0.6 is 37.2 Å². The summed E-state index contributed by atoms with van der Waals surface area (Å²) in [6.45, 7) is 23.1. The molecule has 8 heterocycles. The Hall–Kier alpha value is -9.99. The van der Waals surface area contributed by atoms with Crippen LogP contribution in [0.5, 0.6) is 23.0 Å². The number of hydrogen-bond acceptors (Lipinski definition) is 20. The van der Waals surface area contributed by atoms with Crippen LogP contribution in [0, 0.1) is 37.0 Å². The predicted octanol–water partition coefficient (Wildman–Crippen LogP) is 19.3. The smallest absolute Gasteiger partial charge is 0.273 e. The monoisotopic (exact) mass is 1840 g/mol. The van der Waals surface area contributed by atoms with Gasteiger partial charge in [0.05, 0.1) is 50.3 Å². The number of nitrogens with one attached hydrogen (secondary N) is 4. The van der Waals surface area contributed by atoms with Crippen LogP contribution < -0.4 is 28.7 Å². The highest BCUT2D eigenvalue weighted by Crippen LogP contribution is 2.50. The molecule has 2 aliphatic carbocycles. The number of aromatic nitrogens is 4. The van der Waals surface area contributed by atoms with Gasteiger partial charge in [0.25, 0.3) is 43.2 Å². The Kier molecular flexibility index (Phi) is 28.0. The minimum absolute atomic E-state index is 0.0212. The zero-order chi connectivity index (χ0) is 89.7. The number of rotatable bonds is 27. The molecular formula is C95H111Cl2N13O13P2S2. The Labute approximate surface area is 753 Å². The van der Waals surface area contributed by atoms with E-state index in [9.17, 15) is 51.2 Å². The molecule has 0 radical (unpaired) electrons. The molecule has 4 fully saturated rings. The van der Waals surface area contributed by atoms with E-state index < -0.39 is 60.6 Å². The predicted molar refractivity (Wildman–Crippen MR) is 509 cm³/mol. The largest absolute Gasteiger partial charge is 0.455 e. The summed E-state index contributed by atoms with van der Waals surface area (Å²) in [5.41, 5.74) is 11.8. The van der Waals surface area contributed by atoms with Crippen molar-refractivity contribution in [2.75, 3.05) is 133 Å². The number of anilines is 2. The van der Waals surface area contributed by atoms with Gasteiger partial charge in [-0.3, -0.25) is 39.6 Å². The second-order valence-corrected chi connectivity index (χ2v) is 48.7. The molecule has 0 bridgehead atoms. The number of sulfonamides is 2. The third-order valence-electron chi connectivity index (χ3n) is 25.9. The molecule has 0 atom stereocenters. The Bertz CT molecular complexity index is 6200. The quantitative estimate of drug-likeness (QED) is 0.0211. The Balaban J connectivity index is 0.000000196. The van der Waals surface area contributed by atoms with E-state index in [1.54, 1.807) is 60.9 Å². The summed E-state index contributed by atoms with van der Waals surface area (Å²) in [7, 11) is -11.2. The van der Waals surface area contributed by atoms with Crippen LogP contribution in [0.1, 0.15) is 135 Å². The number of ether oxygens (including phenoxy) is 2. The number of H-pyrrole nitrogens is 2. The summed E-state index contributed by atoms with van der Waals surface area (Å²) in [5, 5.41) is 27.4. The van der Waals surface area contributed by atoms with Gasteiger partial charge in [-0.05, 0) is 233 Å².